The summed E-state index contributed by atoms with van der Waals surface area (Å²) in [6.07, 6.45) is 9.20. The molecule has 1 aromatic rings. The van der Waals surface area contributed by atoms with E-state index in [4.69, 9.17) is 14.2 Å². The second-order valence-corrected chi connectivity index (χ2v) is 8.31. The first-order valence-electron chi connectivity index (χ1n) is 10.3. The van der Waals surface area contributed by atoms with E-state index in [0.29, 0.717) is 24.5 Å². The van der Waals surface area contributed by atoms with Crippen LogP contribution in [0.25, 0.3) is 0 Å². The van der Waals surface area contributed by atoms with Crippen LogP contribution in [0.1, 0.15) is 51.0 Å². The number of benzene rings is 1. The molecule has 28 heavy (non-hydrogen) atoms. The van der Waals surface area contributed by atoms with E-state index in [-0.39, 0.29) is 12.1 Å². The fourth-order valence-electron chi connectivity index (χ4n) is 5.01. The number of fused-ring (bicyclic) bond motifs is 1. The molecule has 2 unspecified atom stereocenters. The van der Waals surface area contributed by atoms with Gasteiger partial charge in [0.25, 0.3) is 0 Å². The number of carbonyl (C=O) groups excluding carboxylic acids is 1. The van der Waals surface area contributed by atoms with Gasteiger partial charge in [-0.1, -0.05) is 12.1 Å². The smallest absolute Gasteiger partial charge is 0.302 e. The first kappa shape index (κ1) is 18.9. The third-order valence-corrected chi connectivity index (χ3v) is 6.29. The highest BCUT2D eigenvalue weighted by Gasteiger charge is 2.32. The van der Waals surface area contributed by atoms with Crippen molar-refractivity contribution in [2.75, 3.05) is 6.79 Å². The molecule has 0 saturated heterocycles. The van der Waals surface area contributed by atoms with Crippen molar-refractivity contribution in [1.82, 2.24) is 0 Å². The minimum atomic E-state index is -0.184. The largest absolute Gasteiger partial charge is 0.463 e. The second kappa shape index (κ2) is 8.26. The molecule has 4 rings (SSSR count). The van der Waals surface area contributed by atoms with Gasteiger partial charge in [-0.3, -0.25) is 4.79 Å². The first-order valence-corrected chi connectivity index (χ1v) is 10.3. The standard InChI is InChI=1S/C23H27NO4/c1-15(25)28-21-5-3-19(4-6-21)20-10-17(9-18(11-20)13-24)8-16-2-7-22-23(12-16)27-14-26-22/h2,7,11-12,17,19-21H,3-6,8-10,14H2,1H3. The van der Waals surface area contributed by atoms with Gasteiger partial charge in [-0.25, -0.2) is 0 Å². The number of ether oxygens (including phenoxy) is 3. The number of nitriles is 1. The molecular formula is C23H27NO4. The molecule has 2 atom stereocenters. The van der Waals surface area contributed by atoms with Crippen molar-refractivity contribution in [3.05, 3.63) is 35.4 Å². The summed E-state index contributed by atoms with van der Waals surface area (Å²) in [7, 11) is 0. The lowest BCUT2D eigenvalue weighted by Gasteiger charge is -2.36. The molecule has 5 heteroatoms. The minimum Gasteiger partial charge on any atom is -0.463 e. The molecule has 5 nitrogen and oxygen atoms in total. The summed E-state index contributed by atoms with van der Waals surface area (Å²) >= 11 is 0. The molecule has 148 valence electrons. The summed E-state index contributed by atoms with van der Waals surface area (Å²) in [5, 5.41) is 9.55. The predicted octanol–water partition coefficient (Wildman–Crippen LogP) is 4.56. The Kier molecular flexibility index (Phi) is 5.57. The van der Waals surface area contributed by atoms with Crippen LogP contribution in [0.2, 0.25) is 0 Å². The highest BCUT2D eigenvalue weighted by atomic mass is 16.7. The van der Waals surface area contributed by atoms with Crippen molar-refractivity contribution in [1.29, 1.82) is 5.26 Å². The highest BCUT2D eigenvalue weighted by molar-refractivity contribution is 5.66. The molecule has 2 aliphatic carbocycles. The van der Waals surface area contributed by atoms with E-state index >= 15 is 0 Å². The van der Waals surface area contributed by atoms with Crippen molar-refractivity contribution in [3.8, 4) is 17.6 Å². The average molecular weight is 381 g/mol. The second-order valence-electron chi connectivity index (χ2n) is 8.31. The van der Waals surface area contributed by atoms with Crippen molar-refractivity contribution in [2.24, 2.45) is 17.8 Å². The topological polar surface area (TPSA) is 68.6 Å². The van der Waals surface area contributed by atoms with E-state index in [1.54, 1.807) is 0 Å². The highest BCUT2D eigenvalue weighted by Crippen LogP contribution is 2.41. The maximum Gasteiger partial charge on any atom is 0.302 e. The van der Waals surface area contributed by atoms with Gasteiger partial charge in [0.15, 0.2) is 11.5 Å². The van der Waals surface area contributed by atoms with Crippen molar-refractivity contribution in [2.45, 2.75) is 58.0 Å². The molecular weight excluding hydrogens is 354 g/mol. The molecule has 1 saturated carbocycles. The lowest BCUT2D eigenvalue weighted by atomic mass is 9.70. The molecule has 0 spiro atoms. The Hall–Kier alpha value is -2.48. The fraction of sp³-hybridized carbons (Fsp3) is 0.565. The summed E-state index contributed by atoms with van der Waals surface area (Å²) < 4.78 is 16.3. The Balaban J connectivity index is 1.39. The SMILES string of the molecule is CC(=O)OC1CCC(C2C=C(C#N)CC(Cc3ccc4c(c3)OCO4)C2)CC1. The molecule has 0 aromatic heterocycles. The molecule has 1 fully saturated rings. The molecule has 1 aliphatic heterocycles. The third-order valence-electron chi connectivity index (χ3n) is 6.29. The van der Waals surface area contributed by atoms with Crippen molar-refractivity contribution < 1.29 is 19.0 Å². The monoisotopic (exact) mass is 381 g/mol. The van der Waals surface area contributed by atoms with Gasteiger partial charge in [-0.2, -0.15) is 5.26 Å². The van der Waals surface area contributed by atoms with E-state index in [1.165, 1.54) is 12.5 Å². The minimum absolute atomic E-state index is 0.0705. The molecule has 3 aliphatic rings. The summed E-state index contributed by atoms with van der Waals surface area (Å²) in [5.41, 5.74) is 2.16. The quantitative estimate of drug-likeness (QED) is 0.716. The number of carbonyl (C=O) groups is 1. The zero-order valence-corrected chi connectivity index (χ0v) is 16.4. The van der Waals surface area contributed by atoms with Crippen LogP contribution in [-0.2, 0) is 16.0 Å². The summed E-state index contributed by atoms with van der Waals surface area (Å²) in [5.74, 6) is 2.94. The summed E-state index contributed by atoms with van der Waals surface area (Å²) in [4.78, 5) is 11.2. The van der Waals surface area contributed by atoms with Crippen LogP contribution in [0.3, 0.4) is 0 Å². The maximum atomic E-state index is 11.2. The molecule has 0 amide bonds. The van der Waals surface area contributed by atoms with Crippen LogP contribution >= 0.6 is 0 Å². The van der Waals surface area contributed by atoms with Crippen LogP contribution in [0.5, 0.6) is 11.5 Å². The summed E-state index contributed by atoms with van der Waals surface area (Å²) in [6.45, 7) is 1.78. The molecule has 0 N–H and O–H groups in total. The van der Waals surface area contributed by atoms with Crippen LogP contribution < -0.4 is 9.47 Å². The Morgan fingerprint density at radius 3 is 2.75 bits per heavy atom. The van der Waals surface area contributed by atoms with Crippen molar-refractivity contribution >= 4 is 5.97 Å². The van der Waals surface area contributed by atoms with E-state index in [2.05, 4.69) is 24.3 Å². The number of esters is 1. The maximum absolute atomic E-state index is 11.2. The van der Waals surface area contributed by atoms with Gasteiger partial charge in [0.2, 0.25) is 6.79 Å². The van der Waals surface area contributed by atoms with Gasteiger partial charge in [-0.15, -0.1) is 0 Å². The Bertz CT molecular complexity index is 801. The van der Waals surface area contributed by atoms with Gasteiger partial charge >= 0.3 is 5.97 Å². The van der Waals surface area contributed by atoms with E-state index in [9.17, 15) is 10.1 Å². The Morgan fingerprint density at radius 2 is 2.00 bits per heavy atom. The van der Waals surface area contributed by atoms with Crippen LogP contribution in [0.15, 0.2) is 29.8 Å². The fourth-order valence-corrected chi connectivity index (χ4v) is 5.01. The average Bonchev–Trinajstić information content (AvgIpc) is 3.15. The zero-order valence-electron chi connectivity index (χ0n) is 16.4. The van der Waals surface area contributed by atoms with Gasteiger partial charge in [0, 0.05) is 12.5 Å². The molecule has 1 heterocycles. The van der Waals surface area contributed by atoms with Gasteiger partial charge in [0.1, 0.15) is 6.10 Å². The lowest BCUT2D eigenvalue weighted by molar-refractivity contribution is -0.148. The van der Waals surface area contributed by atoms with Crippen LogP contribution in [-0.4, -0.2) is 18.9 Å². The molecule has 0 bridgehead atoms. The number of hydrogen-bond acceptors (Lipinski definition) is 5. The Labute approximate surface area is 166 Å². The van der Waals surface area contributed by atoms with E-state index in [0.717, 1.165) is 62.0 Å². The number of rotatable bonds is 4. The van der Waals surface area contributed by atoms with E-state index in [1.807, 2.05) is 6.07 Å². The van der Waals surface area contributed by atoms with Gasteiger partial charge in [-0.05, 0) is 80.4 Å². The van der Waals surface area contributed by atoms with Gasteiger partial charge in [0.05, 0.1) is 6.07 Å². The lowest BCUT2D eigenvalue weighted by Crippen LogP contribution is -2.29. The number of hydrogen-bond donors (Lipinski definition) is 0. The number of nitrogens with zero attached hydrogens (tertiary/aromatic N) is 1. The first-order chi connectivity index (χ1) is 13.6. The summed E-state index contributed by atoms with van der Waals surface area (Å²) in [6, 6.07) is 8.58. The number of allylic oxidation sites excluding steroid dienone is 2. The van der Waals surface area contributed by atoms with Crippen LogP contribution in [0.4, 0.5) is 0 Å². The molecule has 1 aromatic carbocycles. The van der Waals surface area contributed by atoms with Crippen LogP contribution in [0, 0.1) is 29.1 Å². The predicted molar refractivity (Wildman–Crippen MR) is 104 cm³/mol. The van der Waals surface area contributed by atoms with Gasteiger partial charge < -0.3 is 14.2 Å². The normalized spacial score (nSPS) is 28.9. The zero-order chi connectivity index (χ0) is 19.5. The van der Waals surface area contributed by atoms with Crippen molar-refractivity contribution in [3.63, 3.8) is 0 Å². The van der Waals surface area contributed by atoms with E-state index < -0.39 is 0 Å². The third kappa shape index (κ3) is 4.32. The Morgan fingerprint density at radius 1 is 1.21 bits per heavy atom. The molecule has 0 radical (unpaired) electrons.